The minimum atomic E-state index is -4.61. The lowest BCUT2D eigenvalue weighted by molar-refractivity contribution is -0.137. The van der Waals surface area contributed by atoms with E-state index in [0.29, 0.717) is 12.3 Å². The van der Waals surface area contributed by atoms with E-state index in [2.05, 4.69) is 4.28 Å². The van der Waals surface area contributed by atoms with Gasteiger partial charge in [0.05, 0.1) is 17.5 Å². The van der Waals surface area contributed by atoms with Crippen molar-refractivity contribution in [3.63, 3.8) is 0 Å². The Hall–Kier alpha value is -1.61. The molecule has 0 unspecified atom stereocenters. The highest BCUT2D eigenvalue weighted by Crippen LogP contribution is 2.31. The van der Waals surface area contributed by atoms with Gasteiger partial charge in [0.2, 0.25) is 5.91 Å². The quantitative estimate of drug-likeness (QED) is 0.800. The number of anilines is 1. The zero-order valence-corrected chi connectivity index (χ0v) is 10.7. The van der Waals surface area contributed by atoms with Gasteiger partial charge in [0.1, 0.15) is 0 Å². The second kappa shape index (κ2) is 5.17. The summed E-state index contributed by atoms with van der Waals surface area (Å²) < 4.78 is 63.8. The number of hydrogen-bond acceptors (Lipinski definition) is 4. The normalized spacial score (nSPS) is 12.3. The van der Waals surface area contributed by atoms with E-state index in [-0.39, 0.29) is 10.8 Å². The maximum atomic E-state index is 12.5. The van der Waals surface area contributed by atoms with Crippen molar-refractivity contribution in [2.24, 2.45) is 0 Å². The Balaban J connectivity index is 3.21. The molecule has 0 aliphatic heterocycles. The van der Waals surface area contributed by atoms with E-state index in [1.54, 1.807) is 0 Å². The van der Waals surface area contributed by atoms with Gasteiger partial charge >= 0.3 is 6.18 Å². The van der Waals surface area contributed by atoms with Crippen LogP contribution in [0.3, 0.4) is 0 Å². The van der Waals surface area contributed by atoms with Gasteiger partial charge in [-0.3, -0.25) is 4.79 Å². The minimum Gasteiger partial charge on any atom is -0.272 e. The van der Waals surface area contributed by atoms with Crippen molar-refractivity contribution >= 4 is 21.7 Å². The van der Waals surface area contributed by atoms with Crippen LogP contribution < -0.4 is 5.06 Å². The van der Waals surface area contributed by atoms with E-state index >= 15 is 0 Å². The molecule has 0 aliphatic rings. The van der Waals surface area contributed by atoms with Gasteiger partial charge in [0, 0.05) is 6.92 Å². The number of benzene rings is 1. The number of alkyl halides is 3. The maximum Gasteiger partial charge on any atom is 0.416 e. The second-order valence-corrected chi connectivity index (χ2v) is 5.20. The van der Waals surface area contributed by atoms with E-state index in [0.717, 1.165) is 25.1 Å². The number of hydroxylamine groups is 1. The highest BCUT2D eigenvalue weighted by molar-refractivity contribution is 7.86. The highest BCUT2D eigenvalue weighted by Gasteiger charge is 2.31. The summed E-state index contributed by atoms with van der Waals surface area (Å²) in [5.41, 5.74) is -1.35. The van der Waals surface area contributed by atoms with Gasteiger partial charge < -0.3 is 0 Å². The van der Waals surface area contributed by atoms with Crippen LogP contribution in [0.2, 0.25) is 0 Å². The molecule has 1 amide bonds. The van der Waals surface area contributed by atoms with Gasteiger partial charge in [-0.2, -0.15) is 26.7 Å². The Morgan fingerprint density at radius 3 is 2.32 bits per heavy atom. The van der Waals surface area contributed by atoms with Crippen molar-refractivity contribution in [2.75, 3.05) is 11.3 Å². The van der Waals surface area contributed by atoms with Crippen LogP contribution in [0.15, 0.2) is 24.3 Å². The fourth-order valence-corrected chi connectivity index (χ4v) is 1.68. The first kappa shape index (κ1) is 15.4. The Kier molecular flexibility index (Phi) is 4.21. The Labute approximate surface area is 107 Å². The highest BCUT2D eigenvalue weighted by atomic mass is 32.2. The van der Waals surface area contributed by atoms with Crippen molar-refractivity contribution < 1.29 is 30.7 Å². The van der Waals surface area contributed by atoms with Crippen LogP contribution in [-0.2, 0) is 25.4 Å². The van der Waals surface area contributed by atoms with Crippen LogP contribution in [0.4, 0.5) is 18.9 Å². The molecule has 0 fully saturated rings. The topological polar surface area (TPSA) is 63.7 Å². The van der Waals surface area contributed by atoms with Crippen molar-refractivity contribution in [2.45, 2.75) is 13.1 Å². The summed E-state index contributed by atoms with van der Waals surface area (Å²) in [4.78, 5) is 11.2. The Morgan fingerprint density at radius 1 is 1.32 bits per heavy atom. The van der Waals surface area contributed by atoms with Crippen LogP contribution in [0.1, 0.15) is 12.5 Å². The van der Waals surface area contributed by atoms with Crippen LogP contribution in [0.5, 0.6) is 0 Å². The summed E-state index contributed by atoms with van der Waals surface area (Å²) in [6.45, 7) is 0.964. The van der Waals surface area contributed by atoms with Crippen molar-refractivity contribution in [3.05, 3.63) is 29.8 Å². The third-order valence-electron chi connectivity index (χ3n) is 1.90. The molecule has 0 saturated heterocycles. The smallest absolute Gasteiger partial charge is 0.272 e. The molecule has 9 heteroatoms. The van der Waals surface area contributed by atoms with E-state index in [4.69, 9.17) is 0 Å². The lowest BCUT2D eigenvalue weighted by atomic mass is 10.2. The van der Waals surface area contributed by atoms with Crippen LogP contribution in [-0.4, -0.2) is 20.6 Å². The molecule has 1 aromatic rings. The summed E-state index contributed by atoms with van der Waals surface area (Å²) in [7, 11) is -4.04. The molecule has 0 saturated carbocycles. The van der Waals surface area contributed by atoms with Gasteiger partial charge in [0.15, 0.2) is 0 Å². The summed E-state index contributed by atoms with van der Waals surface area (Å²) in [6.07, 6.45) is -3.93. The first-order chi connectivity index (χ1) is 8.50. The van der Waals surface area contributed by atoms with Crippen molar-refractivity contribution in [1.29, 1.82) is 0 Å². The van der Waals surface area contributed by atoms with Crippen LogP contribution in [0.25, 0.3) is 0 Å². The number of hydrogen-bond donors (Lipinski definition) is 0. The van der Waals surface area contributed by atoms with Gasteiger partial charge in [-0.25, -0.2) is 0 Å². The van der Waals surface area contributed by atoms with Crippen LogP contribution >= 0.6 is 0 Å². The molecule has 0 atom stereocenters. The van der Waals surface area contributed by atoms with Crippen molar-refractivity contribution in [1.82, 2.24) is 0 Å². The van der Waals surface area contributed by atoms with Gasteiger partial charge in [-0.15, -0.1) is 4.28 Å². The average Bonchev–Trinajstić information content (AvgIpc) is 2.23. The molecule has 5 nitrogen and oxygen atoms in total. The van der Waals surface area contributed by atoms with Gasteiger partial charge in [0.25, 0.3) is 10.1 Å². The molecule has 0 N–H and O–H groups in total. The fraction of sp³-hybridized carbons (Fsp3) is 0.300. The third-order valence-corrected chi connectivity index (χ3v) is 2.32. The number of nitrogens with zero attached hydrogens (tertiary/aromatic N) is 1. The number of carbonyl (C=O) groups excluding carboxylic acids is 1. The number of carbonyl (C=O) groups is 1. The first-order valence-corrected chi connectivity index (χ1v) is 6.70. The van der Waals surface area contributed by atoms with Crippen LogP contribution in [0, 0.1) is 0 Å². The van der Waals surface area contributed by atoms with Crippen molar-refractivity contribution in [3.8, 4) is 0 Å². The zero-order valence-electron chi connectivity index (χ0n) is 9.93. The standard InChI is InChI=1S/C10H10F3NO4S/c1-7(15)14(18-19(2,16)17)9-5-3-4-8(6-9)10(11,12)13/h3-6H,1-2H3. The second-order valence-electron chi connectivity index (χ2n) is 3.64. The Morgan fingerprint density at radius 2 is 1.89 bits per heavy atom. The summed E-state index contributed by atoms with van der Waals surface area (Å²) >= 11 is 0. The SMILES string of the molecule is CC(=O)N(OS(C)(=O)=O)c1cccc(C(F)(F)F)c1. The van der Waals surface area contributed by atoms with E-state index in [1.807, 2.05) is 0 Å². The largest absolute Gasteiger partial charge is 0.416 e. The summed E-state index contributed by atoms with van der Waals surface area (Å²) in [5.74, 6) is -0.871. The summed E-state index contributed by atoms with van der Waals surface area (Å²) in [6, 6.07) is 3.58. The predicted molar refractivity (Wildman–Crippen MR) is 60.5 cm³/mol. The molecule has 0 aliphatic carbocycles. The maximum absolute atomic E-state index is 12.5. The number of rotatable bonds is 3. The predicted octanol–water partition coefficient (Wildman–Crippen LogP) is 1.95. The van der Waals surface area contributed by atoms with Gasteiger partial charge in [-0.05, 0) is 18.2 Å². The lowest BCUT2D eigenvalue weighted by Gasteiger charge is -2.19. The first-order valence-electron chi connectivity index (χ1n) is 4.88. The molecule has 106 valence electrons. The molecule has 0 spiro atoms. The minimum absolute atomic E-state index is 0.282. The monoisotopic (exact) mass is 297 g/mol. The Bertz CT molecular complexity index is 583. The lowest BCUT2D eigenvalue weighted by Crippen LogP contribution is -2.31. The van der Waals surface area contributed by atoms with E-state index in [9.17, 15) is 26.4 Å². The van der Waals surface area contributed by atoms with E-state index < -0.39 is 27.8 Å². The zero-order chi connectivity index (χ0) is 14.8. The summed E-state index contributed by atoms with van der Waals surface area (Å²) in [5, 5.41) is 0.282. The molecule has 0 bridgehead atoms. The molecule has 0 aromatic heterocycles. The third kappa shape index (κ3) is 4.52. The fourth-order valence-electron chi connectivity index (χ4n) is 1.22. The molecule has 0 heterocycles. The number of amides is 1. The van der Waals surface area contributed by atoms with E-state index in [1.165, 1.54) is 0 Å². The molecule has 19 heavy (non-hydrogen) atoms. The molecule has 1 aromatic carbocycles. The molecular weight excluding hydrogens is 287 g/mol. The number of halogens is 3. The average molecular weight is 297 g/mol. The molecule has 0 radical (unpaired) electrons. The van der Waals surface area contributed by atoms with Gasteiger partial charge in [-0.1, -0.05) is 6.07 Å². The molecule has 1 rings (SSSR count). The molecular formula is C10H10F3NO4S.